The molecule has 110 valence electrons. The number of tetrazole rings is 1. The molecule has 1 saturated heterocycles. The first kappa shape index (κ1) is 13.7. The van der Waals surface area contributed by atoms with Crippen LogP contribution in [0.2, 0.25) is 0 Å². The molecule has 1 aliphatic rings. The maximum Gasteiger partial charge on any atom is 0.251 e. The van der Waals surface area contributed by atoms with Gasteiger partial charge in [0.1, 0.15) is 6.33 Å². The summed E-state index contributed by atoms with van der Waals surface area (Å²) in [5.74, 6) is -0.118. The molecule has 3 rings (SSSR count). The minimum Gasteiger partial charge on any atom is -0.376 e. The van der Waals surface area contributed by atoms with Gasteiger partial charge in [-0.25, -0.2) is 4.68 Å². The standard InChI is InChI=1S/C14H17N5O2/c1-10(13-6-3-7-21-13)16-14(20)11-4-2-5-12(8-11)19-9-15-17-18-19/h2,4-5,8-10,13H,3,6-7H2,1H3,(H,16,20). The Balaban J connectivity index is 1.71. The zero-order chi connectivity index (χ0) is 14.7. The van der Waals surface area contributed by atoms with Crippen LogP contribution in [0.3, 0.4) is 0 Å². The second kappa shape index (κ2) is 6.01. The molecule has 2 atom stereocenters. The van der Waals surface area contributed by atoms with E-state index >= 15 is 0 Å². The van der Waals surface area contributed by atoms with E-state index in [0.717, 1.165) is 25.1 Å². The third-order valence-electron chi connectivity index (χ3n) is 3.60. The summed E-state index contributed by atoms with van der Waals surface area (Å²) in [6, 6.07) is 7.18. The van der Waals surface area contributed by atoms with Gasteiger partial charge in [-0.15, -0.1) is 5.10 Å². The highest BCUT2D eigenvalue weighted by Gasteiger charge is 2.24. The van der Waals surface area contributed by atoms with E-state index < -0.39 is 0 Å². The number of hydrogen-bond acceptors (Lipinski definition) is 5. The Morgan fingerprint density at radius 3 is 3.14 bits per heavy atom. The van der Waals surface area contributed by atoms with Crippen molar-refractivity contribution in [3.8, 4) is 5.69 Å². The number of rotatable bonds is 4. The number of carbonyl (C=O) groups excluding carboxylic acids is 1. The summed E-state index contributed by atoms with van der Waals surface area (Å²) >= 11 is 0. The first-order valence-corrected chi connectivity index (χ1v) is 7.00. The molecule has 0 bridgehead atoms. The highest BCUT2D eigenvalue weighted by atomic mass is 16.5. The number of amides is 1. The molecule has 0 saturated carbocycles. The van der Waals surface area contributed by atoms with Crippen LogP contribution in [0.1, 0.15) is 30.1 Å². The largest absolute Gasteiger partial charge is 0.376 e. The summed E-state index contributed by atoms with van der Waals surface area (Å²) in [5.41, 5.74) is 1.32. The molecule has 2 unspecified atom stereocenters. The molecule has 1 N–H and O–H groups in total. The maximum atomic E-state index is 12.3. The van der Waals surface area contributed by atoms with Crippen LogP contribution >= 0.6 is 0 Å². The number of nitrogens with zero attached hydrogens (tertiary/aromatic N) is 4. The molecule has 2 aromatic rings. The molecule has 2 heterocycles. The first-order chi connectivity index (χ1) is 10.2. The van der Waals surface area contributed by atoms with Gasteiger partial charge in [0.2, 0.25) is 0 Å². The van der Waals surface area contributed by atoms with Crippen molar-refractivity contribution >= 4 is 5.91 Å². The van der Waals surface area contributed by atoms with Crippen LogP contribution < -0.4 is 5.32 Å². The molecule has 1 aromatic heterocycles. The maximum absolute atomic E-state index is 12.3. The monoisotopic (exact) mass is 287 g/mol. The number of benzene rings is 1. The van der Waals surface area contributed by atoms with Gasteiger partial charge in [0.25, 0.3) is 5.91 Å². The minimum atomic E-state index is -0.118. The molecular weight excluding hydrogens is 270 g/mol. The summed E-state index contributed by atoms with van der Waals surface area (Å²) < 4.78 is 7.10. The first-order valence-electron chi connectivity index (χ1n) is 7.00. The van der Waals surface area contributed by atoms with E-state index in [2.05, 4.69) is 20.8 Å². The highest BCUT2D eigenvalue weighted by molar-refractivity contribution is 5.94. The van der Waals surface area contributed by atoms with Crippen molar-refractivity contribution in [1.29, 1.82) is 0 Å². The summed E-state index contributed by atoms with van der Waals surface area (Å²) in [7, 11) is 0. The Hall–Kier alpha value is -2.28. The van der Waals surface area contributed by atoms with E-state index in [9.17, 15) is 4.79 Å². The molecule has 7 heteroatoms. The fourth-order valence-electron chi connectivity index (χ4n) is 2.45. The lowest BCUT2D eigenvalue weighted by atomic mass is 10.1. The van der Waals surface area contributed by atoms with E-state index in [1.807, 2.05) is 19.1 Å². The van der Waals surface area contributed by atoms with E-state index in [4.69, 9.17) is 4.74 Å². The van der Waals surface area contributed by atoms with Gasteiger partial charge in [0.05, 0.1) is 17.8 Å². The van der Waals surface area contributed by atoms with Crippen LogP contribution in [-0.2, 0) is 4.74 Å². The highest BCUT2D eigenvalue weighted by Crippen LogP contribution is 2.16. The van der Waals surface area contributed by atoms with Gasteiger partial charge < -0.3 is 10.1 Å². The predicted octanol–water partition coefficient (Wildman–Crippen LogP) is 0.960. The molecule has 1 amide bonds. The van der Waals surface area contributed by atoms with E-state index in [0.29, 0.717) is 5.56 Å². The van der Waals surface area contributed by atoms with E-state index in [1.165, 1.54) is 11.0 Å². The average Bonchev–Trinajstić information content (AvgIpc) is 3.20. The lowest BCUT2D eigenvalue weighted by Gasteiger charge is -2.20. The van der Waals surface area contributed by atoms with E-state index in [1.54, 1.807) is 12.1 Å². The van der Waals surface area contributed by atoms with Gasteiger partial charge >= 0.3 is 0 Å². The van der Waals surface area contributed by atoms with Gasteiger partial charge in [-0.2, -0.15) is 0 Å². The van der Waals surface area contributed by atoms with Crippen LogP contribution in [0.5, 0.6) is 0 Å². The zero-order valence-electron chi connectivity index (χ0n) is 11.8. The van der Waals surface area contributed by atoms with Crippen molar-refractivity contribution in [2.24, 2.45) is 0 Å². The smallest absolute Gasteiger partial charge is 0.251 e. The number of nitrogens with one attached hydrogen (secondary N) is 1. The zero-order valence-corrected chi connectivity index (χ0v) is 11.8. The molecule has 0 radical (unpaired) electrons. The Morgan fingerprint density at radius 2 is 2.43 bits per heavy atom. The van der Waals surface area contributed by atoms with Crippen molar-refractivity contribution in [1.82, 2.24) is 25.5 Å². The fourth-order valence-corrected chi connectivity index (χ4v) is 2.45. The predicted molar refractivity (Wildman–Crippen MR) is 75.1 cm³/mol. The Bertz CT molecular complexity index is 608. The lowest BCUT2D eigenvalue weighted by Crippen LogP contribution is -2.40. The molecular formula is C14H17N5O2. The molecule has 0 spiro atoms. The van der Waals surface area contributed by atoms with Crippen LogP contribution in [0, 0.1) is 0 Å². The fraction of sp³-hybridized carbons (Fsp3) is 0.429. The van der Waals surface area contributed by atoms with Gasteiger partial charge in [-0.05, 0) is 48.4 Å². The van der Waals surface area contributed by atoms with Crippen LogP contribution in [0.15, 0.2) is 30.6 Å². The number of carbonyl (C=O) groups is 1. The number of aromatic nitrogens is 4. The van der Waals surface area contributed by atoms with Crippen LogP contribution in [-0.4, -0.2) is 44.9 Å². The van der Waals surface area contributed by atoms with Crippen LogP contribution in [0.25, 0.3) is 5.69 Å². The van der Waals surface area contributed by atoms with Gasteiger partial charge in [0, 0.05) is 12.2 Å². The minimum absolute atomic E-state index is 0.00306. The molecule has 0 aliphatic carbocycles. The van der Waals surface area contributed by atoms with Crippen molar-refractivity contribution in [2.75, 3.05) is 6.61 Å². The van der Waals surface area contributed by atoms with E-state index in [-0.39, 0.29) is 18.1 Å². The Labute approximate surface area is 122 Å². The number of ether oxygens (including phenoxy) is 1. The van der Waals surface area contributed by atoms with Crippen molar-refractivity contribution < 1.29 is 9.53 Å². The summed E-state index contributed by atoms with van der Waals surface area (Å²) in [6.07, 6.45) is 3.65. The summed E-state index contributed by atoms with van der Waals surface area (Å²) in [6.45, 7) is 2.75. The average molecular weight is 287 g/mol. The third-order valence-corrected chi connectivity index (χ3v) is 3.60. The van der Waals surface area contributed by atoms with Gasteiger partial charge in [-0.3, -0.25) is 4.79 Å². The lowest BCUT2D eigenvalue weighted by molar-refractivity contribution is 0.0712. The van der Waals surface area contributed by atoms with Crippen molar-refractivity contribution in [2.45, 2.75) is 31.9 Å². The SMILES string of the molecule is CC(NC(=O)c1cccc(-n2cnnn2)c1)C1CCCO1. The van der Waals surface area contributed by atoms with Crippen LogP contribution in [0.4, 0.5) is 0 Å². The Kier molecular flexibility index (Phi) is 3.92. The van der Waals surface area contributed by atoms with Crippen molar-refractivity contribution in [3.63, 3.8) is 0 Å². The topological polar surface area (TPSA) is 81.9 Å². The number of hydrogen-bond donors (Lipinski definition) is 1. The molecule has 1 aromatic carbocycles. The second-order valence-corrected chi connectivity index (χ2v) is 5.12. The quantitative estimate of drug-likeness (QED) is 0.905. The van der Waals surface area contributed by atoms with Gasteiger partial charge in [-0.1, -0.05) is 6.07 Å². The third kappa shape index (κ3) is 3.08. The molecule has 21 heavy (non-hydrogen) atoms. The summed E-state index contributed by atoms with van der Waals surface area (Å²) in [5, 5.41) is 14.0. The van der Waals surface area contributed by atoms with Gasteiger partial charge in [0.15, 0.2) is 0 Å². The normalized spacial score (nSPS) is 19.4. The van der Waals surface area contributed by atoms with Crippen molar-refractivity contribution in [3.05, 3.63) is 36.2 Å². The molecule has 7 nitrogen and oxygen atoms in total. The molecule has 1 aliphatic heterocycles. The summed E-state index contributed by atoms with van der Waals surface area (Å²) in [4.78, 5) is 12.3. The molecule has 1 fully saturated rings. The second-order valence-electron chi connectivity index (χ2n) is 5.12. The Morgan fingerprint density at radius 1 is 1.52 bits per heavy atom.